The van der Waals surface area contributed by atoms with Crippen LogP contribution in [0.3, 0.4) is 0 Å². The van der Waals surface area contributed by atoms with Crippen LogP contribution in [-0.2, 0) is 29.9 Å². The highest BCUT2D eigenvalue weighted by atomic mass is 32.2. The van der Waals surface area contributed by atoms with Gasteiger partial charge in [0.1, 0.15) is 5.69 Å². The minimum Gasteiger partial charge on any atom is -0.283 e. The van der Waals surface area contributed by atoms with Crippen molar-refractivity contribution in [1.82, 2.24) is 9.36 Å². The number of rotatable bonds is 4. The average molecular weight is 383 g/mol. The van der Waals surface area contributed by atoms with Crippen LogP contribution in [0.5, 0.6) is 0 Å². The molecule has 0 aliphatic heterocycles. The minimum absolute atomic E-state index is 0.0712. The molecule has 0 bridgehead atoms. The summed E-state index contributed by atoms with van der Waals surface area (Å²) in [5, 5.41) is 0. The molecule has 0 unspecified atom stereocenters. The van der Waals surface area contributed by atoms with Crippen LogP contribution in [-0.4, -0.2) is 17.8 Å². The van der Waals surface area contributed by atoms with Gasteiger partial charge in [-0.15, -0.1) is 0 Å². The lowest BCUT2D eigenvalue weighted by atomic mass is 10.1. The topological polar surface area (TPSA) is 73.1 Å². The number of aryl methyl sites for hydroxylation is 2. The Morgan fingerprint density at radius 2 is 1.70 bits per heavy atom. The van der Waals surface area contributed by atoms with Crippen LogP contribution in [0.25, 0.3) is 5.69 Å². The first-order valence-corrected chi connectivity index (χ1v) is 10.4. The Bertz CT molecular complexity index is 1180. The van der Waals surface area contributed by atoms with Gasteiger partial charge in [-0.3, -0.25) is 14.2 Å². The predicted octanol–water partition coefficient (Wildman–Crippen LogP) is 2.77. The molecule has 0 fully saturated rings. The van der Waals surface area contributed by atoms with Gasteiger partial charge in [-0.1, -0.05) is 24.3 Å². The maximum absolute atomic E-state index is 12.9. The van der Waals surface area contributed by atoms with Crippen LogP contribution in [0.4, 0.5) is 5.69 Å². The summed E-state index contributed by atoms with van der Waals surface area (Å²) in [4.78, 5) is 13.1. The fourth-order valence-electron chi connectivity index (χ4n) is 3.59. The summed E-state index contributed by atoms with van der Waals surface area (Å²) in [7, 11) is -2.11. The summed E-state index contributed by atoms with van der Waals surface area (Å²) in [6, 6.07) is 14.3. The van der Waals surface area contributed by atoms with Gasteiger partial charge in [0, 0.05) is 7.05 Å². The summed E-state index contributed by atoms with van der Waals surface area (Å²) in [6.07, 6.45) is 2.93. The molecular weight excluding hydrogens is 362 g/mol. The molecule has 1 heterocycles. The van der Waals surface area contributed by atoms with E-state index in [2.05, 4.69) is 4.72 Å². The van der Waals surface area contributed by atoms with Crippen molar-refractivity contribution in [2.24, 2.45) is 7.05 Å². The second kappa shape index (κ2) is 6.42. The molecular formula is C20H21N3O3S. The van der Waals surface area contributed by atoms with Gasteiger partial charge in [0.25, 0.3) is 15.6 Å². The van der Waals surface area contributed by atoms with Gasteiger partial charge in [-0.25, -0.2) is 13.1 Å². The molecule has 1 N–H and O–H groups in total. The fraction of sp³-hybridized carbons (Fsp3) is 0.250. The molecule has 0 spiro atoms. The monoisotopic (exact) mass is 383 g/mol. The number of para-hydroxylation sites is 1. The Hall–Kier alpha value is -2.80. The van der Waals surface area contributed by atoms with Crippen molar-refractivity contribution < 1.29 is 8.42 Å². The van der Waals surface area contributed by atoms with E-state index in [1.54, 1.807) is 42.9 Å². The van der Waals surface area contributed by atoms with E-state index in [0.717, 1.165) is 24.8 Å². The van der Waals surface area contributed by atoms with Crippen molar-refractivity contribution in [3.05, 3.63) is 75.7 Å². The van der Waals surface area contributed by atoms with Gasteiger partial charge in [0.05, 0.1) is 16.3 Å². The second-order valence-corrected chi connectivity index (χ2v) is 8.51. The maximum atomic E-state index is 12.9. The van der Waals surface area contributed by atoms with Gasteiger partial charge in [-0.05, 0) is 61.6 Å². The minimum atomic E-state index is -3.84. The summed E-state index contributed by atoms with van der Waals surface area (Å²) < 4.78 is 31.4. The highest BCUT2D eigenvalue weighted by Gasteiger charge is 2.23. The quantitative estimate of drug-likeness (QED) is 0.753. The predicted molar refractivity (Wildman–Crippen MR) is 105 cm³/mol. The first-order valence-electron chi connectivity index (χ1n) is 8.87. The van der Waals surface area contributed by atoms with E-state index in [1.807, 2.05) is 24.3 Å². The van der Waals surface area contributed by atoms with E-state index in [1.165, 1.54) is 10.2 Å². The van der Waals surface area contributed by atoms with Gasteiger partial charge in [0.15, 0.2) is 0 Å². The van der Waals surface area contributed by atoms with Crippen LogP contribution in [0.15, 0.2) is 58.2 Å². The molecule has 27 heavy (non-hydrogen) atoms. The number of fused-ring (bicyclic) bond motifs is 1. The van der Waals surface area contributed by atoms with E-state index >= 15 is 0 Å². The zero-order valence-electron chi connectivity index (χ0n) is 15.3. The van der Waals surface area contributed by atoms with Crippen LogP contribution >= 0.6 is 0 Å². The van der Waals surface area contributed by atoms with E-state index in [-0.39, 0.29) is 10.6 Å². The number of anilines is 1. The molecule has 0 amide bonds. The van der Waals surface area contributed by atoms with Crippen molar-refractivity contribution in [2.75, 3.05) is 4.72 Å². The largest absolute Gasteiger partial charge is 0.296 e. The molecule has 140 valence electrons. The fourth-order valence-corrected chi connectivity index (χ4v) is 4.76. The van der Waals surface area contributed by atoms with Gasteiger partial charge in [0.2, 0.25) is 0 Å². The number of nitrogens with one attached hydrogen (secondary N) is 1. The molecule has 0 atom stereocenters. The summed E-state index contributed by atoms with van der Waals surface area (Å²) in [5.41, 5.74) is 3.18. The molecule has 0 saturated heterocycles. The molecule has 1 aliphatic rings. The Morgan fingerprint density at radius 1 is 1.00 bits per heavy atom. The zero-order chi connectivity index (χ0) is 19.2. The van der Waals surface area contributed by atoms with Crippen molar-refractivity contribution in [1.29, 1.82) is 0 Å². The summed E-state index contributed by atoms with van der Waals surface area (Å²) in [5.74, 6) is 0. The van der Waals surface area contributed by atoms with E-state index in [9.17, 15) is 13.2 Å². The highest BCUT2D eigenvalue weighted by Crippen LogP contribution is 2.26. The second-order valence-electron chi connectivity index (χ2n) is 6.83. The van der Waals surface area contributed by atoms with Gasteiger partial charge in [-0.2, -0.15) is 0 Å². The molecule has 1 aliphatic carbocycles. The average Bonchev–Trinajstić information content (AvgIpc) is 3.21. The smallest absolute Gasteiger partial charge is 0.283 e. The number of hydrogen-bond acceptors (Lipinski definition) is 3. The zero-order valence-corrected chi connectivity index (χ0v) is 16.1. The van der Waals surface area contributed by atoms with Gasteiger partial charge >= 0.3 is 0 Å². The lowest BCUT2D eigenvalue weighted by Gasteiger charge is -2.09. The number of hydrogen-bond donors (Lipinski definition) is 1. The number of benzene rings is 2. The Kier molecular flexibility index (Phi) is 4.19. The molecule has 1 aromatic heterocycles. The van der Waals surface area contributed by atoms with E-state index in [0.29, 0.717) is 11.4 Å². The Balaban J connectivity index is 1.76. The van der Waals surface area contributed by atoms with Crippen molar-refractivity contribution in [3.63, 3.8) is 0 Å². The van der Waals surface area contributed by atoms with Crippen molar-refractivity contribution in [3.8, 4) is 5.69 Å². The Morgan fingerprint density at radius 3 is 2.44 bits per heavy atom. The lowest BCUT2D eigenvalue weighted by Crippen LogP contribution is -2.23. The first kappa shape index (κ1) is 17.6. The summed E-state index contributed by atoms with van der Waals surface area (Å²) in [6.45, 7) is 1.72. The van der Waals surface area contributed by atoms with Crippen LogP contribution in [0.1, 0.15) is 23.2 Å². The van der Waals surface area contributed by atoms with Crippen molar-refractivity contribution in [2.45, 2.75) is 31.1 Å². The molecule has 3 aromatic rings. The normalized spacial score (nSPS) is 13.6. The third kappa shape index (κ3) is 2.98. The number of sulfonamides is 1. The van der Waals surface area contributed by atoms with Crippen LogP contribution in [0.2, 0.25) is 0 Å². The molecule has 4 rings (SSSR count). The Labute approximate surface area is 158 Å². The van der Waals surface area contributed by atoms with E-state index in [4.69, 9.17) is 0 Å². The number of aromatic nitrogens is 2. The standard InChI is InChI=1S/C20H21N3O3S/c1-14-19(20(24)23(22(14)2)17-9-4-3-5-10-17)21-27(25,26)18-12-11-15-7-6-8-16(15)13-18/h3-5,9-13,21H,6-8H2,1-2H3. The molecule has 6 nitrogen and oxygen atoms in total. The van der Waals surface area contributed by atoms with Crippen LogP contribution in [0, 0.1) is 6.92 Å². The third-order valence-corrected chi connectivity index (χ3v) is 6.52. The molecule has 0 radical (unpaired) electrons. The van der Waals surface area contributed by atoms with Crippen LogP contribution < -0.4 is 10.3 Å². The molecule has 0 saturated carbocycles. The highest BCUT2D eigenvalue weighted by molar-refractivity contribution is 7.92. The SMILES string of the molecule is Cc1c(NS(=O)(=O)c2ccc3c(c2)CCC3)c(=O)n(-c2ccccc2)n1C. The molecule has 2 aromatic carbocycles. The number of nitrogens with zero attached hydrogens (tertiary/aromatic N) is 2. The first-order chi connectivity index (χ1) is 12.9. The maximum Gasteiger partial charge on any atom is 0.296 e. The summed E-state index contributed by atoms with van der Waals surface area (Å²) >= 11 is 0. The van der Waals surface area contributed by atoms with E-state index < -0.39 is 15.6 Å². The van der Waals surface area contributed by atoms with Gasteiger partial charge < -0.3 is 0 Å². The lowest BCUT2D eigenvalue weighted by molar-refractivity contribution is 0.601. The molecule has 7 heteroatoms. The van der Waals surface area contributed by atoms with Crippen molar-refractivity contribution >= 4 is 15.7 Å². The third-order valence-electron chi connectivity index (χ3n) is 5.17.